The summed E-state index contributed by atoms with van der Waals surface area (Å²) >= 11 is 0. The van der Waals surface area contributed by atoms with E-state index in [4.69, 9.17) is 4.52 Å². The first-order valence-electron chi connectivity index (χ1n) is 10.6. The minimum atomic E-state index is -0.324. The van der Waals surface area contributed by atoms with Crippen LogP contribution < -0.4 is 5.32 Å². The van der Waals surface area contributed by atoms with E-state index in [0.29, 0.717) is 55.5 Å². The van der Waals surface area contributed by atoms with E-state index in [0.717, 1.165) is 11.1 Å². The van der Waals surface area contributed by atoms with Crippen molar-refractivity contribution >= 4 is 11.7 Å². The maximum Gasteiger partial charge on any atom is 0.226 e. The van der Waals surface area contributed by atoms with Crippen molar-refractivity contribution in [2.75, 3.05) is 5.32 Å². The lowest BCUT2D eigenvalue weighted by molar-refractivity contribution is -0.116. The van der Waals surface area contributed by atoms with Gasteiger partial charge < -0.3 is 14.4 Å². The molecule has 0 aliphatic heterocycles. The molecule has 7 nitrogen and oxygen atoms in total. The molecular weight excluding hydrogens is 409 g/mol. The zero-order valence-electron chi connectivity index (χ0n) is 17.8. The number of halogens is 1. The first kappa shape index (κ1) is 21.4. The maximum atomic E-state index is 13.4. The molecule has 0 aliphatic rings. The summed E-state index contributed by atoms with van der Waals surface area (Å²) in [6, 6.07) is 16.0. The highest BCUT2D eigenvalue weighted by atomic mass is 19.1. The van der Waals surface area contributed by atoms with E-state index in [9.17, 15) is 9.18 Å². The average Bonchev–Trinajstić information content (AvgIpc) is 3.42. The van der Waals surface area contributed by atoms with Gasteiger partial charge in [0.25, 0.3) is 0 Å². The van der Waals surface area contributed by atoms with Crippen molar-refractivity contribution in [3.8, 4) is 11.3 Å². The Hall–Kier alpha value is -3.81. The van der Waals surface area contributed by atoms with Crippen molar-refractivity contribution in [3.63, 3.8) is 0 Å². The summed E-state index contributed by atoms with van der Waals surface area (Å²) in [4.78, 5) is 21.5. The summed E-state index contributed by atoms with van der Waals surface area (Å²) in [6.07, 6.45) is 3.81. The molecule has 0 aliphatic carbocycles. The first-order valence-corrected chi connectivity index (χ1v) is 10.6. The molecular formula is C24H24FN5O2. The van der Waals surface area contributed by atoms with E-state index in [1.165, 1.54) is 12.1 Å². The van der Waals surface area contributed by atoms with E-state index >= 15 is 0 Å². The molecule has 2 heterocycles. The van der Waals surface area contributed by atoms with Crippen molar-refractivity contribution in [1.82, 2.24) is 19.7 Å². The summed E-state index contributed by atoms with van der Waals surface area (Å²) < 4.78 is 20.5. The van der Waals surface area contributed by atoms with Crippen molar-refractivity contribution in [2.45, 2.75) is 39.2 Å². The van der Waals surface area contributed by atoms with Crippen LogP contribution in [-0.4, -0.2) is 25.6 Å². The summed E-state index contributed by atoms with van der Waals surface area (Å²) in [7, 11) is 0. The van der Waals surface area contributed by atoms with Crippen molar-refractivity contribution < 1.29 is 13.7 Å². The van der Waals surface area contributed by atoms with E-state index in [1.54, 1.807) is 18.5 Å². The minimum Gasteiger partial charge on any atom is -0.339 e. The summed E-state index contributed by atoms with van der Waals surface area (Å²) in [6.45, 7) is 2.51. The molecule has 164 valence electrons. The number of carbonyl (C=O) groups excluding carboxylic acids is 1. The molecule has 4 rings (SSSR count). The predicted molar refractivity (Wildman–Crippen MR) is 118 cm³/mol. The van der Waals surface area contributed by atoms with Crippen LogP contribution in [0.4, 0.5) is 10.2 Å². The Morgan fingerprint density at radius 1 is 1.12 bits per heavy atom. The number of anilines is 1. The Kier molecular flexibility index (Phi) is 6.69. The zero-order chi connectivity index (χ0) is 22.3. The van der Waals surface area contributed by atoms with Gasteiger partial charge in [-0.1, -0.05) is 42.4 Å². The largest absolute Gasteiger partial charge is 0.339 e. The quantitative estimate of drug-likeness (QED) is 0.415. The Bertz CT molecular complexity index is 1170. The second-order valence-electron chi connectivity index (χ2n) is 7.42. The monoisotopic (exact) mass is 433 g/mol. The molecule has 2 aromatic heterocycles. The Balaban J connectivity index is 1.49. The SMILES string of the molecule is CCc1noc(CCCC(=O)Nc2c(-c3ccc(F)cc3)ncn2Cc2ccccc2)n1. The van der Waals surface area contributed by atoms with E-state index < -0.39 is 0 Å². The van der Waals surface area contributed by atoms with Gasteiger partial charge in [-0.2, -0.15) is 4.98 Å². The lowest BCUT2D eigenvalue weighted by atomic mass is 10.1. The van der Waals surface area contributed by atoms with Gasteiger partial charge in [-0.25, -0.2) is 9.37 Å². The molecule has 0 bridgehead atoms. The van der Waals surface area contributed by atoms with Crippen LogP contribution in [-0.2, 0) is 24.2 Å². The van der Waals surface area contributed by atoms with Crippen LogP contribution in [0.2, 0.25) is 0 Å². The number of rotatable bonds is 9. The number of nitrogens with zero attached hydrogens (tertiary/aromatic N) is 4. The fraction of sp³-hybridized carbons (Fsp3) is 0.250. The van der Waals surface area contributed by atoms with Gasteiger partial charge in [0.05, 0.1) is 12.9 Å². The standard InChI is InChI=1S/C24H24FN5O2/c1-2-20-27-22(32-29-20)10-6-9-21(31)28-24-23(18-11-13-19(25)14-12-18)26-16-30(24)15-17-7-4-3-5-8-17/h3-5,7-8,11-14,16H,2,6,9-10,15H2,1H3,(H,28,31). The predicted octanol–water partition coefficient (Wildman–Crippen LogP) is 4.64. The van der Waals surface area contributed by atoms with Crippen molar-refractivity contribution in [1.29, 1.82) is 0 Å². The highest BCUT2D eigenvalue weighted by Crippen LogP contribution is 2.28. The summed E-state index contributed by atoms with van der Waals surface area (Å²) in [5.41, 5.74) is 2.40. The van der Waals surface area contributed by atoms with Crippen LogP contribution >= 0.6 is 0 Å². The van der Waals surface area contributed by atoms with Gasteiger partial charge in [-0.15, -0.1) is 0 Å². The highest BCUT2D eigenvalue weighted by molar-refractivity contribution is 5.93. The molecule has 1 amide bonds. The Labute approximate surface area is 185 Å². The molecule has 32 heavy (non-hydrogen) atoms. The lowest BCUT2D eigenvalue weighted by Crippen LogP contribution is -2.16. The number of imidazole rings is 1. The van der Waals surface area contributed by atoms with Gasteiger partial charge in [0.1, 0.15) is 17.3 Å². The first-order chi connectivity index (χ1) is 15.6. The lowest BCUT2D eigenvalue weighted by Gasteiger charge is -2.12. The molecule has 8 heteroatoms. The number of hydrogen-bond donors (Lipinski definition) is 1. The number of aromatic nitrogens is 4. The fourth-order valence-electron chi connectivity index (χ4n) is 3.36. The van der Waals surface area contributed by atoms with Gasteiger partial charge in [-0.05, 0) is 36.2 Å². The summed E-state index contributed by atoms with van der Waals surface area (Å²) in [5, 5.41) is 6.87. The smallest absolute Gasteiger partial charge is 0.226 e. The zero-order valence-corrected chi connectivity index (χ0v) is 17.8. The second kappa shape index (κ2) is 10.00. The molecule has 0 spiro atoms. The second-order valence-corrected chi connectivity index (χ2v) is 7.42. The maximum absolute atomic E-state index is 13.4. The molecule has 0 atom stereocenters. The van der Waals surface area contributed by atoms with Gasteiger partial charge in [0.2, 0.25) is 11.8 Å². The van der Waals surface area contributed by atoms with E-state index in [1.807, 2.05) is 41.8 Å². The third-order valence-electron chi connectivity index (χ3n) is 5.03. The Morgan fingerprint density at radius 3 is 2.62 bits per heavy atom. The molecule has 0 radical (unpaired) electrons. The number of hydrogen-bond acceptors (Lipinski definition) is 5. The van der Waals surface area contributed by atoms with Crippen molar-refractivity contribution in [2.24, 2.45) is 0 Å². The topological polar surface area (TPSA) is 85.8 Å². The van der Waals surface area contributed by atoms with Gasteiger partial charge in [0, 0.05) is 24.8 Å². The van der Waals surface area contributed by atoms with Crippen LogP contribution in [0.3, 0.4) is 0 Å². The molecule has 0 saturated heterocycles. The fourth-order valence-corrected chi connectivity index (χ4v) is 3.36. The number of carbonyl (C=O) groups is 1. The molecule has 0 fully saturated rings. The molecule has 0 unspecified atom stereocenters. The van der Waals surface area contributed by atoms with Crippen LogP contribution in [0.15, 0.2) is 65.4 Å². The molecule has 2 aromatic carbocycles. The van der Waals surface area contributed by atoms with Crippen LogP contribution in [0.1, 0.15) is 37.0 Å². The summed E-state index contributed by atoms with van der Waals surface area (Å²) in [5.74, 6) is 1.32. The minimum absolute atomic E-state index is 0.140. The molecule has 0 saturated carbocycles. The normalized spacial score (nSPS) is 10.9. The van der Waals surface area contributed by atoms with Crippen LogP contribution in [0.5, 0.6) is 0 Å². The third-order valence-corrected chi connectivity index (χ3v) is 5.03. The number of nitrogens with one attached hydrogen (secondary N) is 1. The molecule has 4 aromatic rings. The third kappa shape index (κ3) is 5.26. The van der Waals surface area contributed by atoms with E-state index in [-0.39, 0.29) is 11.7 Å². The number of aryl methyl sites for hydroxylation is 2. The average molecular weight is 433 g/mol. The molecule has 1 N–H and O–H groups in total. The van der Waals surface area contributed by atoms with E-state index in [2.05, 4.69) is 20.4 Å². The highest BCUT2D eigenvalue weighted by Gasteiger charge is 2.16. The number of amides is 1. The van der Waals surface area contributed by atoms with Crippen LogP contribution in [0, 0.1) is 5.82 Å². The Morgan fingerprint density at radius 2 is 1.91 bits per heavy atom. The number of benzene rings is 2. The van der Waals surface area contributed by atoms with Gasteiger partial charge >= 0.3 is 0 Å². The van der Waals surface area contributed by atoms with Gasteiger partial charge in [-0.3, -0.25) is 4.79 Å². The van der Waals surface area contributed by atoms with Crippen molar-refractivity contribution in [3.05, 3.63) is 84.0 Å². The van der Waals surface area contributed by atoms with Gasteiger partial charge in [0.15, 0.2) is 5.82 Å². The van der Waals surface area contributed by atoms with Crippen LogP contribution in [0.25, 0.3) is 11.3 Å².